The van der Waals surface area contributed by atoms with E-state index in [2.05, 4.69) is 32.9 Å². The van der Waals surface area contributed by atoms with Crippen LogP contribution in [-0.2, 0) is 13.0 Å². The number of carboxylic acids is 1. The zero-order chi connectivity index (χ0) is 27.8. The third-order valence-corrected chi connectivity index (χ3v) is 7.44. The monoisotopic (exact) mass is 521 g/mol. The number of aliphatic hydroxyl groups excluding tert-OH is 1. The Hall–Kier alpha value is -3.78. The Morgan fingerprint density at radius 3 is 2.50 bits per heavy atom. The lowest BCUT2D eigenvalue weighted by Crippen LogP contribution is -2.49. The number of allylic oxidation sites excluding steroid dienone is 4. The van der Waals surface area contributed by atoms with Gasteiger partial charge in [0.2, 0.25) is 0 Å². The maximum atomic E-state index is 13.3. The van der Waals surface area contributed by atoms with Gasteiger partial charge in [0.1, 0.15) is 28.4 Å². The fourth-order valence-corrected chi connectivity index (χ4v) is 5.08. The first-order valence-electron chi connectivity index (χ1n) is 12.8. The standard InChI is InChI=1S/C30H35NO7/c1-17(2)7-5-8-18(3)9-6-12-30(4)26(34)15-22-25(33)14-21-23(27(22)38-30)16-31(28(21)35)19-10-11-20(29(36)37)24(32)13-19/h7,9-11,13-14,26,32-34H,5-6,8,12,15-16H2,1-4H3,(H,36,37). The van der Waals surface area contributed by atoms with E-state index in [-0.39, 0.29) is 29.8 Å². The van der Waals surface area contributed by atoms with Crippen LogP contribution in [0, 0.1) is 0 Å². The van der Waals surface area contributed by atoms with Crippen LogP contribution in [0.3, 0.4) is 0 Å². The molecule has 2 atom stereocenters. The van der Waals surface area contributed by atoms with Crippen molar-refractivity contribution in [3.63, 3.8) is 0 Å². The predicted octanol–water partition coefficient (Wildman–Crippen LogP) is 5.48. The van der Waals surface area contributed by atoms with Crippen molar-refractivity contribution in [1.82, 2.24) is 0 Å². The molecular weight excluding hydrogens is 486 g/mol. The van der Waals surface area contributed by atoms with Gasteiger partial charge in [0.15, 0.2) is 0 Å². The number of hydrogen-bond donors (Lipinski definition) is 4. The van der Waals surface area contributed by atoms with E-state index in [0.29, 0.717) is 35.4 Å². The summed E-state index contributed by atoms with van der Waals surface area (Å²) in [6.45, 7) is 8.24. The molecule has 0 bridgehead atoms. The van der Waals surface area contributed by atoms with Crippen LogP contribution in [0.1, 0.15) is 85.2 Å². The number of carbonyl (C=O) groups excluding carboxylic acids is 1. The molecule has 2 aromatic rings. The smallest absolute Gasteiger partial charge is 0.339 e. The molecule has 0 aromatic heterocycles. The number of amides is 1. The number of nitrogens with zero attached hydrogens (tertiary/aromatic N) is 1. The van der Waals surface area contributed by atoms with Gasteiger partial charge >= 0.3 is 5.97 Å². The van der Waals surface area contributed by atoms with Crippen molar-refractivity contribution in [1.29, 1.82) is 0 Å². The average molecular weight is 522 g/mol. The van der Waals surface area contributed by atoms with Gasteiger partial charge in [0, 0.05) is 29.3 Å². The summed E-state index contributed by atoms with van der Waals surface area (Å²) in [7, 11) is 0. The van der Waals surface area contributed by atoms with Crippen LogP contribution >= 0.6 is 0 Å². The summed E-state index contributed by atoms with van der Waals surface area (Å²) in [6.07, 6.45) is 6.95. The fourth-order valence-electron chi connectivity index (χ4n) is 5.08. The Balaban J connectivity index is 1.57. The number of anilines is 1. The van der Waals surface area contributed by atoms with Crippen molar-refractivity contribution >= 4 is 17.6 Å². The molecule has 0 aliphatic carbocycles. The normalized spacial score (nSPS) is 20.6. The minimum absolute atomic E-state index is 0.117. The van der Waals surface area contributed by atoms with Gasteiger partial charge in [-0.15, -0.1) is 0 Å². The first-order chi connectivity index (χ1) is 17.9. The van der Waals surface area contributed by atoms with Gasteiger partial charge in [0.25, 0.3) is 5.91 Å². The molecule has 202 valence electrons. The molecular formula is C30H35NO7. The van der Waals surface area contributed by atoms with Crippen molar-refractivity contribution in [2.75, 3.05) is 4.90 Å². The van der Waals surface area contributed by atoms with Crippen LogP contribution in [-0.4, -0.2) is 44.0 Å². The molecule has 0 saturated carbocycles. The number of hydrogen-bond acceptors (Lipinski definition) is 6. The first-order valence-corrected chi connectivity index (χ1v) is 12.8. The van der Waals surface area contributed by atoms with Gasteiger partial charge < -0.3 is 30.1 Å². The van der Waals surface area contributed by atoms with E-state index in [9.17, 15) is 30.0 Å². The molecule has 0 saturated heterocycles. The second kappa shape index (κ2) is 10.5. The molecule has 0 fully saturated rings. The van der Waals surface area contributed by atoms with E-state index in [1.165, 1.54) is 40.3 Å². The van der Waals surface area contributed by atoms with Crippen molar-refractivity contribution in [2.24, 2.45) is 0 Å². The van der Waals surface area contributed by atoms with E-state index < -0.39 is 29.3 Å². The topological polar surface area (TPSA) is 128 Å². The number of phenolic OH excluding ortho intramolecular Hbond substituents is 1. The zero-order valence-electron chi connectivity index (χ0n) is 22.2. The van der Waals surface area contributed by atoms with Crippen LogP contribution in [0.15, 0.2) is 47.6 Å². The molecule has 0 radical (unpaired) electrons. The van der Waals surface area contributed by atoms with E-state index >= 15 is 0 Å². The number of benzene rings is 2. The predicted molar refractivity (Wildman–Crippen MR) is 144 cm³/mol. The van der Waals surface area contributed by atoms with Crippen LogP contribution in [0.4, 0.5) is 5.69 Å². The number of aromatic hydroxyl groups is 2. The summed E-state index contributed by atoms with van der Waals surface area (Å²) < 4.78 is 6.40. The second-order valence-corrected chi connectivity index (χ2v) is 10.7. The van der Waals surface area contributed by atoms with Crippen LogP contribution in [0.2, 0.25) is 0 Å². The molecule has 8 heteroatoms. The van der Waals surface area contributed by atoms with E-state index in [1.54, 1.807) is 0 Å². The third-order valence-electron chi connectivity index (χ3n) is 7.44. The Labute approximate surface area is 222 Å². The largest absolute Gasteiger partial charge is 0.508 e. The van der Waals surface area contributed by atoms with Crippen molar-refractivity contribution in [2.45, 2.75) is 78.0 Å². The molecule has 8 nitrogen and oxygen atoms in total. The highest BCUT2D eigenvalue weighted by molar-refractivity contribution is 6.11. The summed E-state index contributed by atoms with van der Waals surface area (Å²) in [5.41, 5.74) is 3.05. The lowest BCUT2D eigenvalue weighted by molar-refractivity contribution is -0.0597. The molecule has 4 N–H and O–H groups in total. The number of ether oxygens (including phenoxy) is 1. The Kier molecular flexibility index (Phi) is 7.56. The third kappa shape index (κ3) is 5.27. The Morgan fingerprint density at radius 2 is 1.84 bits per heavy atom. The second-order valence-electron chi connectivity index (χ2n) is 10.7. The zero-order valence-corrected chi connectivity index (χ0v) is 22.2. The van der Waals surface area contributed by atoms with Gasteiger partial charge in [-0.3, -0.25) is 4.79 Å². The fraction of sp³-hybridized carbons (Fsp3) is 0.400. The molecule has 2 unspecified atom stereocenters. The average Bonchev–Trinajstić information content (AvgIpc) is 3.16. The number of carbonyl (C=O) groups is 2. The highest BCUT2D eigenvalue weighted by Crippen LogP contribution is 2.47. The molecule has 0 spiro atoms. The number of fused-ring (bicyclic) bond motifs is 3. The SMILES string of the molecule is CC(C)=CCCC(C)=CCCC1(C)Oc2c(c(O)cc3c2CN(c2ccc(C(=O)O)c(O)c2)C3=O)CC1O. The van der Waals surface area contributed by atoms with Crippen LogP contribution < -0.4 is 9.64 Å². The maximum absolute atomic E-state index is 13.3. The van der Waals surface area contributed by atoms with Gasteiger partial charge in [-0.05, 0) is 71.6 Å². The van der Waals surface area contributed by atoms with Crippen LogP contribution in [0.5, 0.6) is 17.2 Å². The highest BCUT2D eigenvalue weighted by atomic mass is 16.5. The van der Waals surface area contributed by atoms with E-state index in [0.717, 1.165) is 12.8 Å². The number of aromatic carboxylic acids is 1. The van der Waals surface area contributed by atoms with E-state index in [1.807, 2.05) is 6.92 Å². The van der Waals surface area contributed by atoms with Crippen LogP contribution in [0.25, 0.3) is 0 Å². The summed E-state index contributed by atoms with van der Waals surface area (Å²) in [5.74, 6) is -1.83. The van der Waals surface area contributed by atoms with Gasteiger partial charge in [-0.25, -0.2) is 4.79 Å². The first kappa shape index (κ1) is 27.3. The molecule has 2 heterocycles. The van der Waals surface area contributed by atoms with Crippen molar-refractivity contribution in [3.8, 4) is 17.2 Å². The number of carboxylic acid groups (broad SMARTS) is 1. The molecule has 4 rings (SSSR count). The quantitative estimate of drug-likeness (QED) is 0.339. The molecule has 1 amide bonds. The van der Waals surface area contributed by atoms with Crippen molar-refractivity contribution < 1.29 is 34.8 Å². The molecule has 2 aliphatic rings. The highest BCUT2D eigenvalue weighted by Gasteiger charge is 2.44. The van der Waals surface area contributed by atoms with Gasteiger partial charge in [-0.2, -0.15) is 0 Å². The summed E-state index contributed by atoms with van der Waals surface area (Å²) >= 11 is 0. The molecule has 38 heavy (non-hydrogen) atoms. The minimum Gasteiger partial charge on any atom is -0.508 e. The minimum atomic E-state index is -1.27. The summed E-state index contributed by atoms with van der Waals surface area (Å²) in [4.78, 5) is 25.9. The number of aliphatic hydroxyl groups is 1. The Bertz CT molecular complexity index is 1340. The van der Waals surface area contributed by atoms with Crippen molar-refractivity contribution in [3.05, 3.63) is 69.8 Å². The van der Waals surface area contributed by atoms with Gasteiger partial charge in [-0.1, -0.05) is 23.3 Å². The van der Waals surface area contributed by atoms with Gasteiger partial charge in [0.05, 0.1) is 18.2 Å². The lowest BCUT2D eigenvalue weighted by atomic mass is 9.84. The maximum Gasteiger partial charge on any atom is 0.339 e. The number of phenols is 2. The summed E-state index contributed by atoms with van der Waals surface area (Å²) in [6, 6.07) is 5.33. The number of rotatable bonds is 8. The Morgan fingerprint density at radius 1 is 1.11 bits per heavy atom. The molecule has 2 aliphatic heterocycles. The summed E-state index contributed by atoms with van der Waals surface area (Å²) in [5, 5.41) is 41.0. The van der Waals surface area contributed by atoms with E-state index in [4.69, 9.17) is 4.74 Å². The molecule has 2 aromatic carbocycles. The lowest BCUT2D eigenvalue weighted by Gasteiger charge is -2.40.